The summed E-state index contributed by atoms with van der Waals surface area (Å²) in [6, 6.07) is 11.2. The largest absolute Gasteiger partial charge is 0.497 e. The van der Waals surface area contributed by atoms with Crippen molar-refractivity contribution in [1.82, 2.24) is 9.38 Å². The fourth-order valence-corrected chi connectivity index (χ4v) is 2.22. The maximum absolute atomic E-state index is 11.2. The lowest BCUT2D eigenvalue weighted by Gasteiger charge is -2.01. The Morgan fingerprint density at radius 1 is 1.20 bits per heavy atom. The lowest BCUT2D eigenvalue weighted by molar-refractivity contribution is 0.415. The van der Waals surface area contributed by atoms with Gasteiger partial charge in [-0.15, -0.1) is 4.91 Å². The highest BCUT2D eigenvalue weighted by Gasteiger charge is 2.15. The molecule has 3 aromatic rings. The third-order valence-electron chi connectivity index (χ3n) is 3.27. The van der Waals surface area contributed by atoms with Gasteiger partial charge in [-0.1, -0.05) is 6.07 Å². The normalized spacial score (nSPS) is 10.7. The number of nitrogens with zero attached hydrogens (tertiary/aromatic N) is 3. The summed E-state index contributed by atoms with van der Waals surface area (Å²) < 4.78 is 6.84. The second-order valence-corrected chi connectivity index (χ2v) is 4.49. The van der Waals surface area contributed by atoms with Crippen LogP contribution in [0.4, 0.5) is 5.82 Å². The molecular weight excluding hydrogens is 254 g/mol. The van der Waals surface area contributed by atoms with E-state index in [0.717, 1.165) is 22.5 Å². The van der Waals surface area contributed by atoms with Crippen LogP contribution >= 0.6 is 0 Å². The van der Waals surface area contributed by atoms with Crippen molar-refractivity contribution in [1.29, 1.82) is 0 Å². The van der Waals surface area contributed by atoms with Gasteiger partial charge in [0.05, 0.1) is 7.11 Å². The monoisotopic (exact) mass is 267 g/mol. The fraction of sp³-hybridized carbons (Fsp3) is 0.133. The van der Waals surface area contributed by atoms with Crippen LogP contribution in [0.15, 0.2) is 47.8 Å². The molecule has 100 valence electrons. The fourth-order valence-electron chi connectivity index (χ4n) is 2.22. The molecule has 0 saturated carbocycles. The number of hydrogen-bond donors (Lipinski definition) is 0. The van der Waals surface area contributed by atoms with E-state index in [9.17, 15) is 4.91 Å². The molecule has 0 saturated heterocycles. The van der Waals surface area contributed by atoms with E-state index in [1.54, 1.807) is 17.7 Å². The molecule has 1 aromatic carbocycles. The summed E-state index contributed by atoms with van der Waals surface area (Å²) in [7, 11) is 1.61. The van der Waals surface area contributed by atoms with Crippen molar-refractivity contribution in [2.24, 2.45) is 5.18 Å². The topological polar surface area (TPSA) is 56.0 Å². The van der Waals surface area contributed by atoms with Gasteiger partial charge in [-0.05, 0) is 48.0 Å². The SMILES string of the molecule is COc1ccc(-c2nc3c(C)cccn3c2N=O)cc1. The third kappa shape index (κ3) is 1.84. The number of nitroso groups, excluding NO2 is 1. The summed E-state index contributed by atoms with van der Waals surface area (Å²) in [5.41, 5.74) is 3.16. The molecule has 3 rings (SSSR count). The van der Waals surface area contributed by atoms with Crippen LogP contribution in [0.25, 0.3) is 16.9 Å². The van der Waals surface area contributed by atoms with Crippen LogP contribution in [0.5, 0.6) is 5.75 Å². The van der Waals surface area contributed by atoms with E-state index in [2.05, 4.69) is 10.2 Å². The maximum Gasteiger partial charge on any atom is 0.209 e. The minimum Gasteiger partial charge on any atom is -0.497 e. The van der Waals surface area contributed by atoms with Crippen molar-refractivity contribution in [3.63, 3.8) is 0 Å². The van der Waals surface area contributed by atoms with Crippen molar-refractivity contribution in [2.45, 2.75) is 6.92 Å². The van der Waals surface area contributed by atoms with Gasteiger partial charge in [0.1, 0.15) is 17.1 Å². The van der Waals surface area contributed by atoms with Crippen LogP contribution in [0.1, 0.15) is 5.56 Å². The molecule has 0 aliphatic rings. The zero-order chi connectivity index (χ0) is 14.1. The molecule has 0 amide bonds. The Morgan fingerprint density at radius 3 is 2.60 bits per heavy atom. The predicted octanol–water partition coefficient (Wildman–Crippen LogP) is 3.72. The van der Waals surface area contributed by atoms with Crippen LogP contribution in [-0.2, 0) is 0 Å². The molecule has 0 atom stereocenters. The van der Waals surface area contributed by atoms with Crippen LogP contribution < -0.4 is 4.74 Å². The predicted molar refractivity (Wildman–Crippen MR) is 77.4 cm³/mol. The lowest BCUT2D eigenvalue weighted by atomic mass is 10.1. The first kappa shape index (κ1) is 12.3. The Labute approximate surface area is 115 Å². The number of imidazole rings is 1. The molecule has 0 N–H and O–H groups in total. The highest BCUT2D eigenvalue weighted by atomic mass is 16.5. The van der Waals surface area contributed by atoms with Gasteiger partial charge in [-0.2, -0.15) is 0 Å². The van der Waals surface area contributed by atoms with E-state index < -0.39 is 0 Å². The second kappa shape index (κ2) is 4.77. The highest BCUT2D eigenvalue weighted by Crippen LogP contribution is 2.32. The van der Waals surface area contributed by atoms with E-state index in [0.29, 0.717) is 11.5 Å². The van der Waals surface area contributed by atoms with Gasteiger partial charge < -0.3 is 4.74 Å². The van der Waals surface area contributed by atoms with Crippen molar-refractivity contribution in [3.8, 4) is 17.0 Å². The molecule has 0 bridgehead atoms. The third-order valence-corrected chi connectivity index (χ3v) is 3.27. The molecule has 0 fully saturated rings. The molecule has 2 heterocycles. The summed E-state index contributed by atoms with van der Waals surface area (Å²) in [4.78, 5) is 15.7. The van der Waals surface area contributed by atoms with Crippen molar-refractivity contribution in [3.05, 3.63) is 53.1 Å². The average Bonchev–Trinajstić information content (AvgIpc) is 2.87. The van der Waals surface area contributed by atoms with Crippen LogP contribution in [-0.4, -0.2) is 16.5 Å². The number of pyridine rings is 1. The minimum absolute atomic E-state index is 0.314. The molecular formula is C15H13N3O2. The summed E-state index contributed by atoms with van der Waals surface area (Å²) in [6.07, 6.45) is 1.79. The smallest absolute Gasteiger partial charge is 0.209 e. The Bertz CT molecular complexity index is 776. The van der Waals surface area contributed by atoms with E-state index in [4.69, 9.17) is 4.74 Å². The molecule has 20 heavy (non-hydrogen) atoms. The first-order valence-corrected chi connectivity index (χ1v) is 6.20. The zero-order valence-corrected chi connectivity index (χ0v) is 11.2. The van der Waals surface area contributed by atoms with Crippen molar-refractivity contribution in [2.75, 3.05) is 7.11 Å². The first-order valence-electron chi connectivity index (χ1n) is 6.20. The van der Waals surface area contributed by atoms with Crippen LogP contribution in [0, 0.1) is 11.8 Å². The molecule has 0 aliphatic heterocycles. The Hall–Kier alpha value is -2.69. The second-order valence-electron chi connectivity index (χ2n) is 4.49. The van der Waals surface area contributed by atoms with E-state index in [1.165, 1.54) is 0 Å². The number of rotatable bonds is 3. The van der Waals surface area contributed by atoms with Gasteiger partial charge in [0.25, 0.3) is 0 Å². The van der Waals surface area contributed by atoms with Gasteiger partial charge in [0.2, 0.25) is 5.82 Å². The number of methoxy groups -OCH3 is 1. The number of ether oxygens (including phenoxy) is 1. The van der Waals surface area contributed by atoms with E-state index in [1.807, 2.05) is 43.3 Å². The quantitative estimate of drug-likeness (QED) is 0.679. The van der Waals surface area contributed by atoms with Crippen molar-refractivity contribution >= 4 is 11.5 Å². The summed E-state index contributed by atoms with van der Waals surface area (Å²) >= 11 is 0. The first-order chi connectivity index (χ1) is 9.74. The van der Waals surface area contributed by atoms with Crippen LogP contribution in [0.3, 0.4) is 0 Å². The Kier molecular flexibility index (Phi) is 2.95. The molecule has 0 aliphatic carbocycles. The van der Waals surface area contributed by atoms with Gasteiger partial charge in [-0.25, -0.2) is 4.98 Å². The summed E-state index contributed by atoms with van der Waals surface area (Å²) in [5.74, 6) is 1.07. The molecule has 5 nitrogen and oxygen atoms in total. The summed E-state index contributed by atoms with van der Waals surface area (Å²) in [5, 5.41) is 3.14. The number of hydrogen-bond acceptors (Lipinski definition) is 4. The van der Waals surface area contributed by atoms with Gasteiger partial charge >= 0.3 is 0 Å². The highest BCUT2D eigenvalue weighted by molar-refractivity contribution is 5.75. The molecule has 0 spiro atoms. The Balaban J connectivity index is 2.24. The van der Waals surface area contributed by atoms with Gasteiger partial charge in [0, 0.05) is 11.8 Å². The summed E-state index contributed by atoms with van der Waals surface area (Å²) in [6.45, 7) is 1.95. The van der Waals surface area contributed by atoms with Gasteiger partial charge in [0.15, 0.2) is 0 Å². The molecule has 2 aromatic heterocycles. The van der Waals surface area contributed by atoms with Crippen molar-refractivity contribution < 1.29 is 4.74 Å². The van der Waals surface area contributed by atoms with Gasteiger partial charge in [-0.3, -0.25) is 4.40 Å². The average molecular weight is 267 g/mol. The number of benzene rings is 1. The Morgan fingerprint density at radius 2 is 1.95 bits per heavy atom. The number of aryl methyl sites for hydroxylation is 1. The minimum atomic E-state index is 0.314. The van der Waals surface area contributed by atoms with E-state index in [-0.39, 0.29) is 0 Å². The zero-order valence-electron chi connectivity index (χ0n) is 11.2. The lowest BCUT2D eigenvalue weighted by Crippen LogP contribution is -1.85. The standard InChI is InChI=1S/C15H13N3O2/c1-10-4-3-9-18-14(10)16-13(15(18)17-19)11-5-7-12(20-2)8-6-11/h3-9H,1-2H3. The molecule has 0 unspecified atom stereocenters. The number of aromatic nitrogens is 2. The van der Waals surface area contributed by atoms with Crippen LogP contribution in [0.2, 0.25) is 0 Å². The maximum atomic E-state index is 11.2. The number of fused-ring (bicyclic) bond motifs is 1. The molecule has 5 heteroatoms. The molecule has 0 radical (unpaired) electrons. The van der Waals surface area contributed by atoms with E-state index >= 15 is 0 Å².